The third-order valence-electron chi connectivity index (χ3n) is 5.11. The summed E-state index contributed by atoms with van der Waals surface area (Å²) in [4.78, 5) is 16.4. The molecule has 1 saturated heterocycles. The number of carbonyl (C=O) groups excluding carboxylic acids is 1. The number of likely N-dealkylation sites (N-methyl/N-ethyl adjacent to an activating group) is 1. The van der Waals surface area contributed by atoms with Gasteiger partial charge in [0.15, 0.2) is 0 Å². The van der Waals surface area contributed by atoms with Gasteiger partial charge in [0, 0.05) is 25.7 Å². The van der Waals surface area contributed by atoms with E-state index in [1.807, 2.05) is 11.9 Å². The van der Waals surface area contributed by atoms with Crippen LogP contribution in [-0.2, 0) is 4.79 Å². The van der Waals surface area contributed by atoms with E-state index in [2.05, 4.69) is 25.7 Å². The van der Waals surface area contributed by atoms with Gasteiger partial charge in [-0.05, 0) is 19.8 Å². The molecule has 1 unspecified atom stereocenters. The molecule has 0 N–H and O–H groups in total. The van der Waals surface area contributed by atoms with E-state index in [-0.39, 0.29) is 11.4 Å². The summed E-state index contributed by atoms with van der Waals surface area (Å²) in [7, 11) is 1.92. The van der Waals surface area contributed by atoms with Crippen molar-refractivity contribution < 1.29 is 4.79 Å². The monoisotopic (exact) mass is 296 g/mol. The van der Waals surface area contributed by atoms with Gasteiger partial charge in [-0.2, -0.15) is 0 Å². The minimum atomic E-state index is 0.221. The van der Waals surface area contributed by atoms with Gasteiger partial charge in [-0.3, -0.25) is 9.69 Å². The summed E-state index contributed by atoms with van der Waals surface area (Å²) >= 11 is 0. The summed E-state index contributed by atoms with van der Waals surface area (Å²) in [6, 6.07) is 0. The molecule has 0 aromatic carbocycles. The van der Waals surface area contributed by atoms with Crippen LogP contribution in [0.1, 0.15) is 78.6 Å². The van der Waals surface area contributed by atoms with E-state index in [1.165, 1.54) is 57.8 Å². The van der Waals surface area contributed by atoms with E-state index in [4.69, 9.17) is 0 Å². The highest BCUT2D eigenvalue weighted by Gasteiger charge is 2.35. The molecule has 0 aromatic heterocycles. The van der Waals surface area contributed by atoms with E-state index in [0.717, 1.165) is 13.1 Å². The normalized spacial score (nSPS) is 19.8. The van der Waals surface area contributed by atoms with Crippen LogP contribution >= 0.6 is 0 Å². The van der Waals surface area contributed by atoms with Crippen molar-refractivity contribution in [1.29, 1.82) is 0 Å². The fourth-order valence-corrected chi connectivity index (χ4v) is 3.33. The van der Waals surface area contributed by atoms with Crippen molar-refractivity contribution >= 4 is 5.91 Å². The first-order valence-corrected chi connectivity index (χ1v) is 9.02. The van der Waals surface area contributed by atoms with Crippen LogP contribution in [0.2, 0.25) is 0 Å². The Labute approximate surface area is 132 Å². The van der Waals surface area contributed by atoms with Gasteiger partial charge in [0.1, 0.15) is 0 Å². The first kappa shape index (κ1) is 18.5. The number of unbranched alkanes of at least 4 members (excludes halogenated alkanes) is 5. The number of amides is 1. The molecule has 1 atom stereocenters. The van der Waals surface area contributed by atoms with Gasteiger partial charge >= 0.3 is 0 Å². The smallest absolute Gasteiger partial charge is 0.236 e. The average Bonchev–Trinajstić information content (AvgIpc) is 2.47. The number of hydrogen-bond acceptors (Lipinski definition) is 2. The SMILES string of the molecule is CCCCCCCC(C)(CCCC)N1CCN(C)C(=O)C1. The Morgan fingerprint density at radius 2 is 1.57 bits per heavy atom. The van der Waals surface area contributed by atoms with Crippen molar-refractivity contribution in [2.75, 3.05) is 26.7 Å². The van der Waals surface area contributed by atoms with Gasteiger partial charge in [-0.15, -0.1) is 0 Å². The standard InChI is InChI=1S/C18H36N2O/c1-5-7-9-10-11-13-18(3,12-8-6-2)20-15-14-19(4)17(21)16-20/h5-16H2,1-4H3. The van der Waals surface area contributed by atoms with Gasteiger partial charge in [0.25, 0.3) is 0 Å². The molecular formula is C18H36N2O. The number of nitrogens with zero attached hydrogens (tertiary/aromatic N) is 2. The molecule has 3 heteroatoms. The molecule has 0 aromatic rings. The minimum Gasteiger partial charge on any atom is -0.343 e. The van der Waals surface area contributed by atoms with Crippen LogP contribution in [0.4, 0.5) is 0 Å². The Morgan fingerprint density at radius 1 is 0.952 bits per heavy atom. The number of piperazine rings is 1. The second-order valence-corrected chi connectivity index (χ2v) is 7.00. The molecule has 1 heterocycles. The van der Waals surface area contributed by atoms with Crippen LogP contribution in [-0.4, -0.2) is 47.9 Å². The molecule has 0 radical (unpaired) electrons. The zero-order chi connectivity index (χ0) is 15.7. The number of rotatable bonds is 10. The van der Waals surface area contributed by atoms with Crippen molar-refractivity contribution in [2.24, 2.45) is 0 Å². The maximum Gasteiger partial charge on any atom is 0.236 e. The molecule has 0 spiro atoms. The number of carbonyl (C=O) groups is 1. The maximum absolute atomic E-state index is 12.0. The summed E-state index contributed by atoms with van der Waals surface area (Å²) in [5, 5.41) is 0. The van der Waals surface area contributed by atoms with E-state index in [1.54, 1.807) is 0 Å². The van der Waals surface area contributed by atoms with E-state index < -0.39 is 0 Å². The molecule has 0 bridgehead atoms. The minimum absolute atomic E-state index is 0.221. The summed E-state index contributed by atoms with van der Waals surface area (Å²) in [5.74, 6) is 0.287. The highest BCUT2D eigenvalue weighted by atomic mass is 16.2. The third-order valence-corrected chi connectivity index (χ3v) is 5.11. The maximum atomic E-state index is 12.0. The van der Waals surface area contributed by atoms with Crippen molar-refractivity contribution in [3.63, 3.8) is 0 Å². The summed E-state index contributed by atoms with van der Waals surface area (Å²) < 4.78 is 0. The van der Waals surface area contributed by atoms with Crippen LogP contribution in [0.5, 0.6) is 0 Å². The van der Waals surface area contributed by atoms with Crippen LogP contribution in [0, 0.1) is 0 Å². The van der Waals surface area contributed by atoms with E-state index in [0.29, 0.717) is 6.54 Å². The molecule has 1 aliphatic heterocycles. The quantitative estimate of drug-likeness (QED) is 0.567. The molecule has 1 rings (SSSR count). The molecular weight excluding hydrogens is 260 g/mol. The Hall–Kier alpha value is -0.570. The van der Waals surface area contributed by atoms with Gasteiger partial charge in [0.05, 0.1) is 6.54 Å². The topological polar surface area (TPSA) is 23.6 Å². The Morgan fingerprint density at radius 3 is 2.19 bits per heavy atom. The molecule has 1 amide bonds. The van der Waals surface area contributed by atoms with Gasteiger partial charge in [-0.1, -0.05) is 58.8 Å². The van der Waals surface area contributed by atoms with E-state index >= 15 is 0 Å². The van der Waals surface area contributed by atoms with Crippen LogP contribution < -0.4 is 0 Å². The molecule has 1 fully saturated rings. The predicted molar refractivity (Wildman–Crippen MR) is 90.5 cm³/mol. The molecule has 124 valence electrons. The Bertz CT molecular complexity index is 306. The van der Waals surface area contributed by atoms with Gasteiger partial charge in [-0.25, -0.2) is 0 Å². The first-order chi connectivity index (χ1) is 10.0. The second-order valence-electron chi connectivity index (χ2n) is 7.00. The fraction of sp³-hybridized carbons (Fsp3) is 0.944. The van der Waals surface area contributed by atoms with Crippen molar-refractivity contribution in [2.45, 2.75) is 84.1 Å². The van der Waals surface area contributed by atoms with Crippen LogP contribution in [0.25, 0.3) is 0 Å². The summed E-state index contributed by atoms with van der Waals surface area (Å²) in [6.45, 7) is 9.46. The molecule has 1 aliphatic rings. The van der Waals surface area contributed by atoms with E-state index in [9.17, 15) is 4.79 Å². The van der Waals surface area contributed by atoms with Crippen molar-refractivity contribution in [1.82, 2.24) is 9.80 Å². The van der Waals surface area contributed by atoms with Gasteiger partial charge in [0.2, 0.25) is 5.91 Å². The molecule has 21 heavy (non-hydrogen) atoms. The fourth-order valence-electron chi connectivity index (χ4n) is 3.33. The lowest BCUT2D eigenvalue weighted by Crippen LogP contribution is -2.57. The third kappa shape index (κ3) is 5.98. The zero-order valence-electron chi connectivity index (χ0n) is 14.8. The Balaban J connectivity index is 2.53. The van der Waals surface area contributed by atoms with Crippen molar-refractivity contribution in [3.8, 4) is 0 Å². The highest BCUT2D eigenvalue weighted by molar-refractivity contribution is 5.78. The zero-order valence-corrected chi connectivity index (χ0v) is 14.8. The molecule has 3 nitrogen and oxygen atoms in total. The lowest BCUT2D eigenvalue weighted by atomic mass is 9.86. The van der Waals surface area contributed by atoms with Crippen molar-refractivity contribution in [3.05, 3.63) is 0 Å². The number of hydrogen-bond donors (Lipinski definition) is 0. The average molecular weight is 296 g/mol. The first-order valence-electron chi connectivity index (χ1n) is 9.02. The highest BCUT2D eigenvalue weighted by Crippen LogP contribution is 2.29. The Kier molecular flexibility index (Phi) is 8.31. The largest absolute Gasteiger partial charge is 0.343 e. The molecule has 0 saturated carbocycles. The lowest BCUT2D eigenvalue weighted by molar-refractivity contribution is -0.137. The second kappa shape index (κ2) is 9.45. The lowest BCUT2D eigenvalue weighted by Gasteiger charge is -2.45. The predicted octanol–water partition coefficient (Wildman–Crippen LogP) is 4.07. The summed E-state index contributed by atoms with van der Waals surface area (Å²) in [6.07, 6.45) is 11.7. The van der Waals surface area contributed by atoms with Crippen LogP contribution in [0.3, 0.4) is 0 Å². The van der Waals surface area contributed by atoms with Crippen LogP contribution in [0.15, 0.2) is 0 Å². The molecule has 0 aliphatic carbocycles. The van der Waals surface area contributed by atoms with Gasteiger partial charge < -0.3 is 4.90 Å². The summed E-state index contributed by atoms with van der Waals surface area (Å²) in [5.41, 5.74) is 0.221.